The molecule has 0 fully saturated rings. The molecule has 2 N–H and O–H groups in total. The highest BCUT2D eigenvalue weighted by atomic mass is 16.5. The molecule has 0 aliphatic heterocycles. The van der Waals surface area contributed by atoms with Crippen molar-refractivity contribution < 1.29 is 14.3 Å². The second kappa shape index (κ2) is 6.65. The number of para-hydroxylation sites is 1. The van der Waals surface area contributed by atoms with E-state index in [1.807, 2.05) is 0 Å². The summed E-state index contributed by atoms with van der Waals surface area (Å²) in [5, 5.41) is 0. The lowest BCUT2D eigenvalue weighted by Gasteiger charge is -2.00. The van der Waals surface area contributed by atoms with Crippen LogP contribution >= 0.6 is 0 Å². The van der Waals surface area contributed by atoms with E-state index in [9.17, 15) is 4.79 Å². The van der Waals surface area contributed by atoms with Crippen molar-refractivity contribution in [3.05, 3.63) is 29.8 Å². The van der Waals surface area contributed by atoms with Crippen LogP contribution < -0.4 is 5.73 Å². The monoisotopic (exact) mass is 195 g/mol. The van der Waals surface area contributed by atoms with E-state index in [0.717, 1.165) is 6.29 Å². The van der Waals surface area contributed by atoms with Crippen molar-refractivity contribution in [2.75, 3.05) is 12.8 Å². The van der Waals surface area contributed by atoms with Crippen LogP contribution in [0.25, 0.3) is 0 Å². The Hall–Kier alpha value is -1.84. The largest absolute Gasteiger partial charge is 0.465 e. The number of carbonyl (C=O) groups excluding carboxylic acids is 2. The van der Waals surface area contributed by atoms with E-state index >= 15 is 0 Å². The molecule has 0 amide bonds. The minimum absolute atomic E-state index is 0.400. The molecule has 1 aromatic rings. The number of carbonyl (C=O) groups is 2. The molecule has 4 nitrogen and oxygen atoms in total. The molecule has 0 aliphatic rings. The predicted octanol–water partition coefficient (Wildman–Crippen LogP) is 1.26. The molecule has 0 heterocycles. The second-order valence-electron chi connectivity index (χ2n) is 2.31. The van der Waals surface area contributed by atoms with Crippen molar-refractivity contribution in [3.63, 3.8) is 0 Å². The van der Waals surface area contributed by atoms with Gasteiger partial charge in [-0.2, -0.15) is 0 Å². The molecule has 0 radical (unpaired) electrons. The van der Waals surface area contributed by atoms with Gasteiger partial charge in [-0.1, -0.05) is 12.1 Å². The molecular formula is C10H13NO3. The molecular weight excluding hydrogens is 182 g/mol. The Bertz CT molecular complexity index is 310. The van der Waals surface area contributed by atoms with E-state index in [4.69, 9.17) is 10.5 Å². The minimum atomic E-state index is -0.400. The average molecular weight is 195 g/mol. The smallest absolute Gasteiger partial charge is 0.339 e. The van der Waals surface area contributed by atoms with Crippen molar-refractivity contribution in [1.29, 1.82) is 0 Å². The molecule has 0 aromatic heterocycles. The van der Waals surface area contributed by atoms with Gasteiger partial charge in [0.05, 0.1) is 12.7 Å². The Balaban J connectivity index is 0.000000500. The SMILES string of the molecule is CC=O.COC(=O)c1ccccc1N. The van der Waals surface area contributed by atoms with Gasteiger partial charge in [0.25, 0.3) is 0 Å². The predicted molar refractivity (Wildman–Crippen MR) is 53.9 cm³/mol. The fourth-order valence-electron chi connectivity index (χ4n) is 0.793. The lowest BCUT2D eigenvalue weighted by Crippen LogP contribution is -2.04. The van der Waals surface area contributed by atoms with Crippen LogP contribution in [0, 0.1) is 0 Å². The quantitative estimate of drug-likeness (QED) is 0.416. The first-order chi connectivity index (χ1) is 6.67. The van der Waals surface area contributed by atoms with E-state index in [-0.39, 0.29) is 0 Å². The van der Waals surface area contributed by atoms with Crippen LogP contribution in [0.2, 0.25) is 0 Å². The number of methoxy groups -OCH3 is 1. The highest BCUT2D eigenvalue weighted by Crippen LogP contribution is 2.10. The van der Waals surface area contributed by atoms with E-state index in [0.29, 0.717) is 11.3 Å². The summed E-state index contributed by atoms with van der Waals surface area (Å²) < 4.78 is 4.50. The lowest BCUT2D eigenvalue weighted by atomic mass is 10.2. The molecule has 0 spiro atoms. The number of ether oxygens (including phenoxy) is 1. The number of rotatable bonds is 1. The third-order valence-electron chi connectivity index (χ3n) is 1.37. The third-order valence-corrected chi connectivity index (χ3v) is 1.37. The molecule has 4 heteroatoms. The van der Waals surface area contributed by atoms with Crippen LogP contribution in [0.5, 0.6) is 0 Å². The summed E-state index contributed by atoms with van der Waals surface area (Å²) in [4.78, 5) is 19.7. The van der Waals surface area contributed by atoms with Gasteiger partial charge in [0, 0.05) is 5.69 Å². The molecule has 0 saturated heterocycles. The van der Waals surface area contributed by atoms with Crippen molar-refractivity contribution in [1.82, 2.24) is 0 Å². The summed E-state index contributed by atoms with van der Waals surface area (Å²) in [5.74, 6) is -0.400. The van der Waals surface area contributed by atoms with Gasteiger partial charge in [-0.05, 0) is 19.1 Å². The minimum Gasteiger partial charge on any atom is -0.465 e. The summed E-state index contributed by atoms with van der Waals surface area (Å²) in [7, 11) is 1.33. The van der Waals surface area contributed by atoms with Crippen molar-refractivity contribution in [2.45, 2.75) is 6.92 Å². The first-order valence-corrected chi connectivity index (χ1v) is 4.00. The standard InChI is InChI=1S/C8H9NO2.C2H4O/c1-11-8(10)6-4-2-3-5-7(6)9;1-2-3/h2-5H,9H2,1H3;2H,1H3. The van der Waals surface area contributed by atoms with Crippen LogP contribution in [0.15, 0.2) is 24.3 Å². The molecule has 14 heavy (non-hydrogen) atoms. The Labute approximate surface area is 82.7 Å². The molecule has 1 aromatic carbocycles. The van der Waals surface area contributed by atoms with Gasteiger partial charge in [-0.3, -0.25) is 0 Å². The highest BCUT2D eigenvalue weighted by molar-refractivity contribution is 5.94. The van der Waals surface area contributed by atoms with Gasteiger partial charge in [0.2, 0.25) is 0 Å². The molecule has 0 saturated carbocycles. The van der Waals surface area contributed by atoms with Crippen molar-refractivity contribution in [3.8, 4) is 0 Å². The summed E-state index contributed by atoms with van der Waals surface area (Å²) in [6.45, 7) is 1.44. The fraction of sp³-hybridized carbons (Fsp3) is 0.200. The summed E-state index contributed by atoms with van der Waals surface area (Å²) in [6.07, 6.45) is 0.750. The number of esters is 1. The van der Waals surface area contributed by atoms with Crippen LogP contribution in [-0.4, -0.2) is 19.4 Å². The maximum Gasteiger partial charge on any atom is 0.339 e. The van der Waals surface area contributed by atoms with E-state index in [1.165, 1.54) is 14.0 Å². The zero-order valence-electron chi connectivity index (χ0n) is 8.19. The number of aldehydes is 1. The number of nitrogen functional groups attached to an aromatic ring is 1. The number of hydrogen-bond donors (Lipinski definition) is 1. The molecule has 0 bridgehead atoms. The van der Waals surface area contributed by atoms with Crippen molar-refractivity contribution in [2.24, 2.45) is 0 Å². The molecule has 1 rings (SSSR count). The first kappa shape index (κ1) is 12.2. The Morgan fingerprint density at radius 2 is 1.93 bits per heavy atom. The van der Waals surface area contributed by atoms with Gasteiger partial charge >= 0.3 is 5.97 Å². The summed E-state index contributed by atoms with van der Waals surface area (Å²) in [6, 6.07) is 6.79. The zero-order chi connectivity index (χ0) is 11.0. The fourth-order valence-corrected chi connectivity index (χ4v) is 0.793. The van der Waals surface area contributed by atoms with Crippen molar-refractivity contribution >= 4 is 17.9 Å². The summed E-state index contributed by atoms with van der Waals surface area (Å²) in [5.41, 5.74) is 6.35. The summed E-state index contributed by atoms with van der Waals surface area (Å²) >= 11 is 0. The maximum atomic E-state index is 10.9. The Morgan fingerprint density at radius 3 is 2.36 bits per heavy atom. The van der Waals surface area contributed by atoms with Gasteiger partial charge in [-0.15, -0.1) is 0 Å². The van der Waals surface area contributed by atoms with Crippen LogP contribution in [0.1, 0.15) is 17.3 Å². The van der Waals surface area contributed by atoms with E-state index in [2.05, 4.69) is 4.74 Å². The average Bonchev–Trinajstić information content (AvgIpc) is 2.19. The number of nitrogens with two attached hydrogens (primary N) is 1. The molecule has 0 atom stereocenters. The van der Waals surface area contributed by atoms with Gasteiger partial charge in [-0.25, -0.2) is 4.79 Å². The zero-order valence-corrected chi connectivity index (χ0v) is 8.19. The van der Waals surface area contributed by atoms with E-state index in [1.54, 1.807) is 24.3 Å². The van der Waals surface area contributed by atoms with Crippen LogP contribution in [0.3, 0.4) is 0 Å². The molecule has 0 unspecified atom stereocenters. The van der Waals surface area contributed by atoms with Gasteiger partial charge < -0.3 is 15.3 Å². The molecule has 0 aliphatic carbocycles. The number of hydrogen-bond acceptors (Lipinski definition) is 4. The highest BCUT2D eigenvalue weighted by Gasteiger charge is 2.06. The Kier molecular flexibility index (Phi) is 5.78. The lowest BCUT2D eigenvalue weighted by molar-refractivity contribution is -0.106. The van der Waals surface area contributed by atoms with Gasteiger partial charge in [0.1, 0.15) is 6.29 Å². The normalized spacial score (nSPS) is 8.14. The van der Waals surface area contributed by atoms with Crippen LogP contribution in [0.4, 0.5) is 5.69 Å². The second-order valence-corrected chi connectivity index (χ2v) is 2.31. The topological polar surface area (TPSA) is 69.4 Å². The number of benzene rings is 1. The number of anilines is 1. The third kappa shape index (κ3) is 3.71. The van der Waals surface area contributed by atoms with Crippen LogP contribution in [-0.2, 0) is 9.53 Å². The molecule has 76 valence electrons. The first-order valence-electron chi connectivity index (χ1n) is 4.00. The van der Waals surface area contributed by atoms with E-state index < -0.39 is 5.97 Å². The maximum absolute atomic E-state index is 10.9. The Morgan fingerprint density at radius 1 is 1.43 bits per heavy atom. The van der Waals surface area contributed by atoms with Gasteiger partial charge in [0.15, 0.2) is 0 Å².